The van der Waals surface area contributed by atoms with E-state index in [4.69, 9.17) is 27.9 Å². The molecule has 4 rings (SSSR count). The van der Waals surface area contributed by atoms with E-state index in [1.165, 1.54) is 18.2 Å². The molecule has 7 nitrogen and oxygen atoms in total. The molecule has 1 aliphatic carbocycles. The summed E-state index contributed by atoms with van der Waals surface area (Å²) in [5, 5.41) is 0.221. The summed E-state index contributed by atoms with van der Waals surface area (Å²) in [4.78, 5) is 26.8. The minimum absolute atomic E-state index is 0.00944. The lowest BCUT2D eigenvalue weighted by atomic mass is 10.2. The van der Waals surface area contributed by atoms with E-state index in [-0.39, 0.29) is 27.4 Å². The Hall–Kier alpha value is -2.13. The van der Waals surface area contributed by atoms with Crippen molar-refractivity contribution in [3.63, 3.8) is 0 Å². The van der Waals surface area contributed by atoms with Crippen LogP contribution in [0.25, 0.3) is 0 Å². The van der Waals surface area contributed by atoms with Crippen LogP contribution in [0.4, 0.5) is 5.69 Å². The first kappa shape index (κ1) is 22.1. The van der Waals surface area contributed by atoms with Gasteiger partial charge in [-0.15, -0.1) is 0 Å². The van der Waals surface area contributed by atoms with Gasteiger partial charge in [0.15, 0.2) is 0 Å². The van der Waals surface area contributed by atoms with E-state index < -0.39 is 27.9 Å². The Morgan fingerprint density at radius 1 is 1.10 bits per heavy atom. The van der Waals surface area contributed by atoms with Gasteiger partial charge in [0.05, 0.1) is 23.7 Å². The Morgan fingerprint density at radius 3 is 2.39 bits per heavy atom. The molecule has 2 aromatic carbocycles. The van der Waals surface area contributed by atoms with Crippen molar-refractivity contribution in [3.05, 3.63) is 52.5 Å². The molecule has 0 spiro atoms. The van der Waals surface area contributed by atoms with E-state index >= 15 is 0 Å². The van der Waals surface area contributed by atoms with Crippen LogP contribution in [0.3, 0.4) is 0 Å². The molecule has 2 aliphatic rings. The van der Waals surface area contributed by atoms with E-state index in [0.29, 0.717) is 30.9 Å². The lowest BCUT2D eigenvalue weighted by Gasteiger charge is -2.27. The number of anilines is 1. The fourth-order valence-electron chi connectivity index (χ4n) is 3.68. The van der Waals surface area contributed by atoms with Crippen LogP contribution in [-0.4, -0.2) is 43.2 Å². The lowest BCUT2D eigenvalue weighted by Crippen LogP contribution is -2.46. The molecule has 0 radical (unpaired) electrons. The quantitative estimate of drug-likeness (QED) is 0.559. The highest BCUT2D eigenvalue weighted by molar-refractivity contribution is 7.89. The van der Waals surface area contributed by atoms with Crippen LogP contribution in [0, 0.1) is 0 Å². The van der Waals surface area contributed by atoms with Gasteiger partial charge in [-0.05, 0) is 62.2 Å². The number of hydrogen-bond donors (Lipinski definition) is 0. The van der Waals surface area contributed by atoms with Crippen molar-refractivity contribution in [3.8, 4) is 5.75 Å². The molecule has 0 N–H and O–H groups in total. The number of nitrogens with zero attached hydrogens (tertiary/aromatic N) is 2. The van der Waals surface area contributed by atoms with Gasteiger partial charge in [-0.2, -0.15) is 4.31 Å². The van der Waals surface area contributed by atoms with Crippen LogP contribution in [0.1, 0.15) is 26.2 Å². The number of halogens is 2. The molecule has 1 aliphatic heterocycles. The minimum atomic E-state index is -4.15. The van der Waals surface area contributed by atoms with Crippen LogP contribution in [-0.2, 0) is 19.6 Å². The molecule has 2 fully saturated rings. The summed E-state index contributed by atoms with van der Waals surface area (Å²) in [6, 6.07) is 9.19. The molecule has 2 amide bonds. The van der Waals surface area contributed by atoms with Crippen molar-refractivity contribution in [2.45, 2.75) is 43.2 Å². The molecule has 1 saturated heterocycles. The number of carbonyl (C=O) groups is 2. The van der Waals surface area contributed by atoms with Crippen LogP contribution in [0.5, 0.6) is 5.75 Å². The van der Waals surface area contributed by atoms with Gasteiger partial charge in [-0.3, -0.25) is 9.59 Å². The van der Waals surface area contributed by atoms with E-state index in [1.54, 1.807) is 24.3 Å². The second-order valence-electron chi connectivity index (χ2n) is 7.36. The summed E-state index contributed by atoms with van der Waals surface area (Å²) in [6.45, 7) is 2.34. The molecule has 164 valence electrons. The van der Waals surface area contributed by atoms with Crippen molar-refractivity contribution >= 4 is 50.7 Å². The van der Waals surface area contributed by atoms with Crippen molar-refractivity contribution in [2.24, 2.45) is 0 Å². The van der Waals surface area contributed by atoms with Gasteiger partial charge < -0.3 is 4.74 Å². The second-order valence-corrected chi connectivity index (χ2v) is 10.0. The van der Waals surface area contributed by atoms with Crippen molar-refractivity contribution in [2.75, 3.05) is 11.5 Å². The summed E-state index contributed by atoms with van der Waals surface area (Å²) in [7, 11) is -4.15. The second kappa shape index (κ2) is 8.43. The van der Waals surface area contributed by atoms with E-state index in [1.807, 2.05) is 6.92 Å². The first-order chi connectivity index (χ1) is 14.7. The predicted molar refractivity (Wildman–Crippen MR) is 117 cm³/mol. The summed E-state index contributed by atoms with van der Waals surface area (Å²) in [5.41, 5.74) is 0.370. The maximum atomic E-state index is 13.5. The zero-order chi connectivity index (χ0) is 22.3. The molecule has 1 atom stereocenters. The average Bonchev–Trinajstić information content (AvgIpc) is 3.51. The standard InChI is InChI=1S/C21H20Cl2N2O5S/c1-2-30-16-8-6-14(7-9-16)24-20(26)12-18(21(24)27)25(15-4-5-15)31(28,29)19-11-13(22)3-10-17(19)23/h3,6-11,15,18H,2,4-5,12H2,1H3. The van der Waals surface area contributed by atoms with Gasteiger partial charge in [0.2, 0.25) is 15.9 Å². The first-order valence-corrected chi connectivity index (χ1v) is 12.0. The fraction of sp³-hybridized carbons (Fsp3) is 0.333. The summed E-state index contributed by atoms with van der Waals surface area (Å²) >= 11 is 12.1. The molecule has 1 heterocycles. The maximum Gasteiger partial charge on any atom is 0.252 e. The number of sulfonamides is 1. The zero-order valence-electron chi connectivity index (χ0n) is 16.6. The van der Waals surface area contributed by atoms with Crippen LogP contribution in [0.15, 0.2) is 47.4 Å². The molecule has 1 unspecified atom stereocenters. The Kier molecular flexibility index (Phi) is 6.00. The smallest absolute Gasteiger partial charge is 0.252 e. The van der Waals surface area contributed by atoms with Crippen molar-refractivity contribution in [1.82, 2.24) is 4.31 Å². The van der Waals surface area contributed by atoms with E-state index in [2.05, 4.69) is 0 Å². The highest BCUT2D eigenvalue weighted by Gasteiger charge is 2.52. The van der Waals surface area contributed by atoms with Gasteiger partial charge in [0.1, 0.15) is 16.7 Å². The van der Waals surface area contributed by atoms with E-state index in [0.717, 1.165) is 9.21 Å². The van der Waals surface area contributed by atoms with Crippen LogP contribution >= 0.6 is 23.2 Å². The number of benzene rings is 2. The summed E-state index contributed by atoms with van der Waals surface area (Å²) in [6.07, 6.45) is 0.983. The Bertz CT molecular complexity index is 1130. The van der Waals surface area contributed by atoms with Gasteiger partial charge in [0, 0.05) is 11.1 Å². The highest BCUT2D eigenvalue weighted by Crippen LogP contribution is 2.40. The number of imide groups is 1. The maximum absolute atomic E-state index is 13.5. The van der Waals surface area contributed by atoms with Crippen LogP contribution in [0.2, 0.25) is 10.0 Å². The molecule has 2 aromatic rings. The normalized spacial score (nSPS) is 19.4. The van der Waals surface area contributed by atoms with E-state index in [9.17, 15) is 18.0 Å². The zero-order valence-corrected chi connectivity index (χ0v) is 19.0. The number of carbonyl (C=O) groups excluding carboxylic acids is 2. The molecule has 10 heteroatoms. The molecule has 0 bridgehead atoms. The average molecular weight is 483 g/mol. The van der Waals surface area contributed by atoms with Gasteiger partial charge in [-0.25, -0.2) is 13.3 Å². The molecular weight excluding hydrogens is 463 g/mol. The minimum Gasteiger partial charge on any atom is -0.494 e. The highest BCUT2D eigenvalue weighted by atomic mass is 35.5. The Balaban J connectivity index is 1.68. The third-order valence-corrected chi connectivity index (χ3v) is 7.87. The first-order valence-electron chi connectivity index (χ1n) is 9.82. The van der Waals surface area contributed by atoms with Crippen LogP contribution < -0.4 is 9.64 Å². The summed E-state index contributed by atoms with van der Waals surface area (Å²) < 4.78 is 33.5. The molecule has 0 aromatic heterocycles. The van der Waals surface area contributed by atoms with Crippen molar-refractivity contribution < 1.29 is 22.7 Å². The third-order valence-electron chi connectivity index (χ3n) is 5.19. The topological polar surface area (TPSA) is 84.0 Å². The third kappa shape index (κ3) is 4.17. The lowest BCUT2D eigenvalue weighted by molar-refractivity contribution is -0.122. The number of amides is 2. The number of hydrogen-bond acceptors (Lipinski definition) is 5. The van der Waals surface area contributed by atoms with Gasteiger partial charge in [0.25, 0.3) is 5.91 Å². The monoisotopic (exact) mass is 482 g/mol. The predicted octanol–water partition coefficient (Wildman–Crippen LogP) is 3.88. The number of rotatable bonds is 7. The molecule has 1 saturated carbocycles. The largest absolute Gasteiger partial charge is 0.494 e. The molecular formula is C21H20Cl2N2O5S. The Labute approximate surface area is 190 Å². The Morgan fingerprint density at radius 2 is 1.77 bits per heavy atom. The molecule has 31 heavy (non-hydrogen) atoms. The van der Waals surface area contributed by atoms with Gasteiger partial charge in [-0.1, -0.05) is 23.2 Å². The summed E-state index contributed by atoms with van der Waals surface area (Å²) in [5.74, 6) is -0.431. The number of ether oxygens (including phenoxy) is 1. The van der Waals surface area contributed by atoms with Crippen molar-refractivity contribution in [1.29, 1.82) is 0 Å². The SMILES string of the molecule is CCOc1ccc(N2C(=O)CC(N(C3CC3)S(=O)(=O)c3cc(Cl)ccc3Cl)C2=O)cc1. The van der Waals surface area contributed by atoms with Gasteiger partial charge >= 0.3 is 0 Å². The fourth-order valence-corrected chi connectivity index (χ4v) is 6.25.